The number of hydrogen-bond acceptors (Lipinski definition) is 4. The normalized spacial score (nSPS) is 12.7. The number of anilines is 1. The Morgan fingerprint density at radius 2 is 1.83 bits per heavy atom. The lowest BCUT2D eigenvalue weighted by Crippen LogP contribution is -2.47. The maximum absolute atomic E-state index is 12.2. The Balaban J connectivity index is 3.16. The van der Waals surface area contributed by atoms with Crippen LogP contribution in [0.4, 0.5) is 10.5 Å². The van der Waals surface area contributed by atoms with Gasteiger partial charge in [-0.1, -0.05) is 40.7 Å². The third kappa shape index (κ3) is 5.16. The Hall–Kier alpha value is -2.24. The molecule has 3 amide bonds. The fraction of sp³-hybridized carbons (Fsp3) is 0.529. The molecule has 6 nitrogen and oxygen atoms in total. The Bertz CT molecular complexity index is 577. The Morgan fingerprint density at radius 3 is 2.26 bits per heavy atom. The van der Waals surface area contributed by atoms with Crippen LogP contribution in [0.2, 0.25) is 0 Å². The topological polar surface area (TPSA) is 93.4 Å². The molecule has 0 bridgehead atoms. The molecule has 1 unspecified atom stereocenters. The number of nitrogens with one attached hydrogen (secondary N) is 2. The molecule has 1 aromatic carbocycles. The molecule has 1 aromatic rings. The van der Waals surface area contributed by atoms with E-state index in [1.807, 2.05) is 32.0 Å². The maximum atomic E-state index is 12.2. The van der Waals surface area contributed by atoms with E-state index in [-0.39, 0.29) is 11.3 Å². The fourth-order valence-corrected chi connectivity index (χ4v) is 2.19. The molecule has 0 aliphatic rings. The number of imide groups is 1. The third-order valence-corrected chi connectivity index (χ3v) is 3.57. The van der Waals surface area contributed by atoms with Gasteiger partial charge in [-0.2, -0.15) is 0 Å². The first kappa shape index (κ1) is 18.8. The predicted octanol–water partition coefficient (Wildman–Crippen LogP) is 2.62. The van der Waals surface area contributed by atoms with Crippen molar-refractivity contribution in [2.75, 3.05) is 12.4 Å². The van der Waals surface area contributed by atoms with Crippen LogP contribution in [-0.4, -0.2) is 25.1 Å². The zero-order chi connectivity index (χ0) is 17.8. The summed E-state index contributed by atoms with van der Waals surface area (Å²) in [6.45, 7) is 10.1. The van der Waals surface area contributed by atoms with Crippen LogP contribution in [0.15, 0.2) is 18.2 Å². The molecule has 0 heterocycles. The number of urea groups is 1. The van der Waals surface area contributed by atoms with Crippen molar-refractivity contribution >= 4 is 17.6 Å². The summed E-state index contributed by atoms with van der Waals surface area (Å²) in [7, 11) is 1.57. The van der Waals surface area contributed by atoms with Gasteiger partial charge in [0, 0.05) is 0 Å². The first-order valence-electron chi connectivity index (χ1n) is 7.61. The first-order chi connectivity index (χ1) is 10.6. The maximum Gasteiger partial charge on any atom is 0.318 e. The molecule has 0 saturated carbocycles. The quantitative estimate of drug-likeness (QED) is 0.777. The van der Waals surface area contributed by atoms with Crippen molar-refractivity contribution in [3.8, 4) is 5.75 Å². The smallest absolute Gasteiger partial charge is 0.318 e. The van der Waals surface area contributed by atoms with Crippen molar-refractivity contribution in [2.24, 2.45) is 11.7 Å². The van der Waals surface area contributed by atoms with Crippen LogP contribution in [0.1, 0.15) is 40.2 Å². The lowest BCUT2D eigenvalue weighted by molar-refractivity contribution is -0.121. The number of nitrogens with two attached hydrogens (primary N) is 1. The van der Waals surface area contributed by atoms with Gasteiger partial charge in [0.05, 0.1) is 12.8 Å². The van der Waals surface area contributed by atoms with Crippen molar-refractivity contribution in [1.82, 2.24) is 5.32 Å². The molecular weight excluding hydrogens is 294 g/mol. The number of primary amides is 1. The predicted molar refractivity (Wildman–Crippen MR) is 91.7 cm³/mol. The van der Waals surface area contributed by atoms with E-state index in [1.165, 1.54) is 0 Å². The standard InChI is InChI=1S/C17H27N3O3/c1-10(2)14(15(21)20-16(18)22)19-12-9-11(17(3,4)5)7-8-13(12)23-6/h7-10,14,19H,1-6H3,(H3,18,20,21,22). The Labute approximate surface area is 137 Å². The van der Waals surface area contributed by atoms with E-state index >= 15 is 0 Å². The average Bonchev–Trinajstić information content (AvgIpc) is 2.42. The minimum atomic E-state index is -0.863. The minimum absolute atomic E-state index is 0.0362. The highest BCUT2D eigenvalue weighted by Gasteiger charge is 2.25. The van der Waals surface area contributed by atoms with Gasteiger partial charge in [-0.25, -0.2) is 4.79 Å². The summed E-state index contributed by atoms with van der Waals surface area (Å²) in [5, 5.41) is 5.29. The fourth-order valence-electron chi connectivity index (χ4n) is 2.19. The van der Waals surface area contributed by atoms with Crippen LogP contribution in [-0.2, 0) is 10.2 Å². The monoisotopic (exact) mass is 321 g/mol. The zero-order valence-corrected chi connectivity index (χ0v) is 14.7. The summed E-state index contributed by atoms with van der Waals surface area (Å²) in [5.41, 5.74) is 6.82. The van der Waals surface area contributed by atoms with E-state index in [4.69, 9.17) is 10.5 Å². The number of carbonyl (C=O) groups is 2. The molecule has 0 spiro atoms. The van der Waals surface area contributed by atoms with Crippen molar-refractivity contribution in [3.63, 3.8) is 0 Å². The molecule has 0 aliphatic carbocycles. The van der Waals surface area contributed by atoms with Gasteiger partial charge in [0.1, 0.15) is 11.8 Å². The molecule has 0 radical (unpaired) electrons. The van der Waals surface area contributed by atoms with Crippen molar-refractivity contribution < 1.29 is 14.3 Å². The Morgan fingerprint density at radius 1 is 1.22 bits per heavy atom. The molecule has 0 fully saturated rings. The van der Waals surface area contributed by atoms with Crippen LogP contribution < -0.4 is 21.1 Å². The molecule has 0 saturated heterocycles. The van der Waals surface area contributed by atoms with Gasteiger partial charge in [0.2, 0.25) is 0 Å². The van der Waals surface area contributed by atoms with E-state index < -0.39 is 18.0 Å². The summed E-state index contributed by atoms with van der Waals surface area (Å²) in [6.07, 6.45) is 0. The van der Waals surface area contributed by atoms with Crippen LogP contribution in [0.3, 0.4) is 0 Å². The van der Waals surface area contributed by atoms with Gasteiger partial charge in [-0.15, -0.1) is 0 Å². The number of carbonyl (C=O) groups excluding carboxylic acids is 2. The van der Waals surface area contributed by atoms with Crippen molar-refractivity contribution in [1.29, 1.82) is 0 Å². The molecular formula is C17H27N3O3. The van der Waals surface area contributed by atoms with Gasteiger partial charge < -0.3 is 15.8 Å². The molecule has 0 aliphatic heterocycles. The summed E-state index contributed by atoms with van der Waals surface area (Å²) in [4.78, 5) is 23.1. The molecule has 23 heavy (non-hydrogen) atoms. The van der Waals surface area contributed by atoms with Gasteiger partial charge in [-0.05, 0) is 29.0 Å². The van der Waals surface area contributed by atoms with Crippen LogP contribution in [0, 0.1) is 5.92 Å². The first-order valence-corrected chi connectivity index (χ1v) is 7.61. The second-order valence-corrected chi connectivity index (χ2v) is 6.88. The lowest BCUT2D eigenvalue weighted by Gasteiger charge is -2.25. The summed E-state index contributed by atoms with van der Waals surface area (Å²) in [5.74, 6) is 0.128. The molecule has 0 aromatic heterocycles. The lowest BCUT2D eigenvalue weighted by atomic mass is 9.86. The molecule has 128 valence electrons. The number of benzene rings is 1. The second-order valence-electron chi connectivity index (χ2n) is 6.88. The second kappa shape index (κ2) is 7.35. The average molecular weight is 321 g/mol. The molecule has 1 rings (SSSR count). The highest BCUT2D eigenvalue weighted by Crippen LogP contribution is 2.32. The van der Waals surface area contributed by atoms with Gasteiger partial charge in [-0.3, -0.25) is 10.1 Å². The van der Waals surface area contributed by atoms with Crippen molar-refractivity contribution in [3.05, 3.63) is 23.8 Å². The van der Waals surface area contributed by atoms with Gasteiger partial charge in [0.15, 0.2) is 0 Å². The van der Waals surface area contributed by atoms with Crippen LogP contribution >= 0.6 is 0 Å². The van der Waals surface area contributed by atoms with E-state index in [9.17, 15) is 9.59 Å². The van der Waals surface area contributed by atoms with E-state index in [1.54, 1.807) is 7.11 Å². The van der Waals surface area contributed by atoms with Crippen molar-refractivity contribution in [2.45, 2.75) is 46.1 Å². The Kier molecular flexibility index (Phi) is 6.01. The third-order valence-electron chi connectivity index (χ3n) is 3.57. The highest BCUT2D eigenvalue weighted by molar-refractivity contribution is 5.97. The van der Waals surface area contributed by atoms with E-state index in [0.717, 1.165) is 5.56 Å². The number of hydrogen-bond donors (Lipinski definition) is 3. The minimum Gasteiger partial charge on any atom is -0.495 e. The molecule has 1 atom stereocenters. The van der Waals surface area contributed by atoms with E-state index in [0.29, 0.717) is 11.4 Å². The summed E-state index contributed by atoms with van der Waals surface area (Å²) >= 11 is 0. The zero-order valence-electron chi connectivity index (χ0n) is 14.7. The number of ether oxygens (including phenoxy) is 1. The molecule has 6 heteroatoms. The van der Waals surface area contributed by atoms with Gasteiger partial charge >= 0.3 is 6.03 Å². The van der Waals surface area contributed by atoms with Crippen LogP contribution in [0.25, 0.3) is 0 Å². The SMILES string of the molecule is COc1ccc(C(C)(C)C)cc1NC(C(=O)NC(N)=O)C(C)C. The largest absolute Gasteiger partial charge is 0.495 e. The van der Waals surface area contributed by atoms with Gasteiger partial charge in [0.25, 0.3) is 5.91 Å². The number of methoxy groups -OCH3 is 1. The van der Waals surface area contributed by atoms with E-state index in [2.05, 4.69) is 31.4 Å². The number of rotatable bonds is 5. The summed E-state index contributed by atoms with van der Waals surface area (Å²) in [6, 6.07) is 4.36. The van der Waals surface area contributed by atoms with Crippen LogP contribution in [0.5, 0.6) is 5.75 Å². The number of amides is 3. The molecule has 4 N–H and O–H groups in total. The summed E-state index contributed by atoms with van der Waals surface area (Å²) < 4.78 is 5.37. The highest BCUT2D eigenvalue weighted by atomic mass is 16.5.